The van der Waals surface area contributed by atoms with E-state index in [1.807, 2.05) is 6.07 Å². The summed E-state index contributed by atoms with van der Waals surface area (Å²) in [5.74, 6) is -0.00457. The molecule has 0 saturated carbocycles. The van der Waals surface area contributed by atoms with Crippen molar-refractivity contribution in [2.75, 3.05) is 24.5 Å². The van der Waals surface area contributed by atoms with Crippen LogP contribution in [0.3, 0.4) is 0 Å². The second-order valence-electron chi connectivity index (χ2n) is 7.98. The molecule has 4 rings (SSSR count). The number of nitrogens with zero attached hydrogens (tertiary/aromatic N) is 2. The van der Waals surface area contributed by atoms with E-state index in [0.717, 1.165) is 35.6 Å². The van der Waals surface area contributed by atoms with Crippen LogP contribution < -0.4 is 15.4 Å². The van der Waals surface area contributed by atoms with Gasteiger partial charge in [-0.15, -0.1) is 0 Å². The van der Waals surface area contributed by atoms with Gasteiger partial charge in [0, 0.05) is 19.6 Å². The SMILES string of the molecule is Cc1ccc2nc(N3CCCC(C(=O)NCCc4ccc(S(N)(=O)=O)cc4)C3)sc2c1. The van der Waals surface area contributed by atoms with E-state index in [1.165, 1.54) is 22.4 Å². The minimum atomic E-state index is -3.69. The summed E-state index contributed by atoms with van der Waals surface area (Å²) in [6.07, 6.45) is 2.46. The molecule has 1 aliphatic heterocycles. The van der Waals surface area contributed by atoms with Gasteiger partial charge < -0.3 is 10.2 Å². The summed E-state index contributed by atoms with van der Waals surface area (Å²) in [4.78, 5) is 19.8. The van der Waals surface area contributed by atoms with Crippen LogP contribution in [0.15, 0.2) is 47.4 Å². The number of piperidine rings is 1. The zero-order valence-corrected chi connectivity index (χ0v) is 19.0. The Balaban J connectivity index is 1.32. The van der Waals surface area contributed by atoms with Crippen LogP contribution in [0, 0.1) is 12.8 Å². The van der Waals surface area contributed by atoms with Gasteiger partial charge in [-0.2, -0.15) is 0 Å². The molecule has 0 aliphatic carbocycles. The molecule has 164 valence electrons. The summed E-state index contributed by atoms with van der Waals surface area (Å²) in [6, 6.07) is 12.7. The van der Waals surface area contributed by atoms with Gasteiger partial charge in [0.05, 0.1) is 21.0 Å². The Morgan fingerprint density at radius 2 is 2.03 bits per heavy atom. The Morgan fingerprint density at radius 3 is 2.77 bits per heavy atom. The van der Waals surface area contributed by atoms with E-state index >= 15 is 0 Å². The van der Waals surface area contributed by atoms with Gasteiger partial charge in [0.15, 0.2) is 5.13 Å². The molecule has 3 N–H and O–H groups in total. The molecule has 31 heavy (non-hydrogen) atoms. The second kappa shape index (κ2) is 8.94. The van der Waals surface area contributed by atoms with E-state index in [2.05, 4.69) is 29.3 Å². The average molecular weight is 459 g/mol. The molecule has 1 unspecified atom stereocenters. The van der Waals surface area contributed by atoms with Crippen molar-refractivity contribution in [1.82, 2.24) is 10.3 Å². The van der Waals surface area contributed by atoms with Crippen molar-refractivity contribution in [1.29, 1.82) is 0 Å². The lowest BCUT2D eigenvalue weighted by Gasteiger charge is -2.31. The maximum absolute atomic E-state index is 12.7. The first kappa shape index (κ1) is 21.7. The number of primary sulfonamides is 1. The maximum Gasteiger partial charge on any atom is 0.238 e. The highest BCUT2D eigenvalue weighted by Crippen LogP contribution is 2.32. The van der Waals surface area contributed by atoms with Crippen LogP contribution in [0.25, 0.3) is 10.2 Å². The number of hydrogen-bond donors (Lipinski definition) is 2. The molecular formula is C22H26N4O3S2. The van der Waals surface area contributed by atoms with Crippen LogP contribution in [-0.2, 0) is 21.2 Å². The minimum Gasteiger partial charge on any atom is -0.355 e. The number of carbonyl (C=O) groups excluding carboxylic acids is 1. The highest BCUT2D eigenvalue weighted by molar-refractivity contribution is 7.89. The van der Waals surface area contributed by atoms with Crippen LogP contribution in [-0.4, -0.2) is 38.9 Å². The molecule has 0 spiro atoms. The lowest BCUT2D eigenvalue weighted by Crippen LogP contribution is -2.43. The lowest BCUT2D eigenvalue weighted by atomic mass is 9.97. The number of nitrogens with one attached hydrogen (secondary N) is 1. The zero-order chi connectivity index (χ0) is 22.0. The number of carbonyl (C=O) groups is 1. The van der Waals surface area contributed by atoms with Crippen LogP contribution in [0.1, 0.15) is 24.0 Å². The van der Waals surface area contributed by atoms with Gasteiger partial charge >= 0.3 is 0 Å². The number of amides is 1. The van der Waals surface area contributed by atoms with Crippen molar-refractivity contribution in [2.24, 2.45) is 11.1 Å². The lowest BCUT2D eigenvalue weighted by molar-refractivity contribution is -0.125. The number of sulfonamides is 1. The third-order valence-electron chi connectivity index (χ3n) is 5.56. The molecule has 1 saturated heterocycles. The van der Waals surface area contributed by atoms with Crippen LogP contribution >= 0.6 is 11.3 Å². The number of fused-ring (bicyclic) bond motifs is 1. The Hall–Kier alpha value is -2.49. The highest BCUT2D eigenvalue weighted by atomic mass is 32.2. The molecule has 0 radical (unpaired) electrons. The molecule has 3 aromatic rings. The number of anilines is 1. The quantitative estimate of drug-likeness (QED) is 0.591. The summed E-state index contributed by atoms with van der Waals surface area (Å²) in [6.45, 7) is 4.17. The van der Waals surface area contributed by atoms with Crippen LogP contribution in [0.2, 0.25) is 0 Å². The first-order valence-corrected chi connectivity index (χ1v) is 12.7. The standard InChI is InChI=1S/C22H26N4O3S2/c1-15-4-9-19-20(13-15)30-22(25-19)26-12-2-3-17(14-26)21(27)24-11-10-16-5-7-18(8-6-16)31(23,28)29/h4-9,13,17H,2-3,10-12,14H2,1H3,(H,24,27)(H2,23,28,29). The predicted octanol–water partition coefficient (Wildman–Crippen LogP) is 2.83. The normalized spacial score (nSPS) is 17.1. The molecule has 1 amide bonds. The molecule has 1 fully saturated rings. The van der Waals surface area contributed by atoms with Gasteiger partial charge in [-0.1, -0.05) is 29.5 Å². The van der Waals surface area contributed by atoms with Gasteiger partial charge in [-0.05, 0) is 61.6 Å². The average Bonchev–Trinajstić information content (AvgIpc) is 3.17. The number of aryl methyl sites for hydroxylation is 1. The molecule has 2 aromatic carbocycles. The molecule has 0 bridgehead atoms. The van der Waals surface area contributed by atoms with E-state index in [-0.39, 0.29) is 16.7 Å². The summed E-state index contributed by atoms with van der Waals surface area (Å²) >= 11 is 1.68. The third kappa shape index (κ3) is 5.23. The van der Waals surface area contributed by atoms with Crippen molar-refractivity contribution in [2.45, 2.75) is 31.1 Å². The summed E-state index contributed by atoms with van der Waals surface area (Å²) in [5, 5.41) is 9.12. The van der Waals surface area contributed by atoms with E-state index in [1.54, 1.807) is 23.5 Å². The van der Waals surface area contributed by atoms with Gasteiger partial charge in [0.2, 0.25) is 15.9 Å². The third-order valence-corrected chi connectivity index (χ3v) is 7.57. The Kier molecular flexibility index (Phi) is 6.27. The van der Waals surface area contributed by atoms with Crippen LogP contribution in [0.5, 0.6) is 0 Å². The molecule has 1 aliphatic rings. The minimum absolute atomic E-state index is 0.0582. The van der Waals surface area contributed by atoms with E-state index in [0.29, 0.717) is 19.5 Å². The first-order chi connectivity index (χ1) is 14.8. The zero-order valence-electron chi connectivity index (χ0n) is 17.4. The number of hydrogen-bond acceptors (Lipinski definition) is 6. The Bertz CT molecular complexity index is 1190. The summed E-state index contributed by atoms with van der Waals surface area (Å²) in [5.41, 5.74) is 3.17. The number of nitrogens with two attached hydrogens (primary N) is 1. The molecule has 1 atom stereocenters. The molecule has 2 heterocycles. The van der Waals surface area contributed by atoms with Crippen molar-refractivity contribution in [3.05, 3.63) is 53.6 Å². The fourth-order valence-corrected chi connectivity index (χ4v) is 5.45. The topological polar surface area (TPSA) is 105 Å². The van der Waals surface area contributed by atoms with Gasteiger partial charge in [0.1, 0.15) is 0 Å². The largest absolute Gasteiger partial charge is 0.355 e. The smallest absolute Gasteiger partial charge is 0.238 e. The highest BCUT2D eigenvalue weighted by Gasteiger charge is 2.27. The fraction of sp³-hybridized carbons (Fsp3) is 0.364. The summed E-state index contributed by atoms with van der Waals surface area (Å²) < 4.78 is 23.8. The van der Waals surface area contributed by atoms with E-state index in [9.17, 15) is 13.2 Å². The van der Waals surface area contributed by atoms with Gasteiger partial charge in [-0.25, -0.2) is 18.5 Å². The first-order valence-electron chi connectivity index (χ1n) is 10.3. The Morgan fingerprint density at radius 1 is 1.26 bits per heavy atom. The number of aromatic nitrogens is 1. The number of benzene rings is 2. The van der Waals surface area contributed by atoms with Crippen molar-refractivity contribution >= 4 is 42.6 Å². The Labute approximate surface area is 186 Å². The van der Waals surface area contributed by atoms with E-state index in [4.69, 9.17) is 10.1 Å². The fourth-order valence-electron chi connectivity index (χ4n) is 3.84. The van der Waals surface area contributed by atoms with Crippen molar-refractivity contribution < 1.29 is 13.2 Å². The molecular weight excluding hydrogens is 432 g/mol. The van der Waals surface area contributed by atoms with Gasteiger partial charge in [-0.3, -0.25) is 4.79 Å². The molecule has 1 aromatic heterocycles. The molecule has 9 heteroatoms. The second-order valence-corrected chi connectivity index (χ2v) is 10.6. The number of thiazole rings is 1. The number of rotatable bonds is 6. The van der Waals surface area contributed by atoms with Crippen LogP contribution in [0.4, 0.5) is 5.13 Å². The van der Waals surface area contributed by atoms with Gasteiger partial charge in [0.25, 0.3) is 0 Å². The maximum atomic E-state index is 12.7. The summed E-state index contributed by atoms with van der Waals surface area (Å²) in [7, 11) is -3.69. The van der Waals surface area contributed by atoms with E-state index < -0.39 is 10.0 Å². The van der Waals surface area contributed by atoms with Crippen molar-refractivity contribution in [3.8, 4) is 0 Å². The monoisotopic (exact) mass is 458 g/mol. The predicted molar refractivity (Wildman–Crippen MR) is 124 cm³/mol. The molecule has 7 nitrogen and oxygen atoms in total. The van der Waals surface area contributed by atoms with Crippen molar-refractivity contribution in [3.63, 3.8) is 0 Å².